The molecule has 1 heterocycles. The third kappa shape index (κ3) is 7.13. The van der Waals surface area contributed by atoms with Gasteiger partial charge in [-0.25, -0.2) is 0 Å². The first-order chi connectivity index (χ1) is 9.69. The number of nitrogens with two attached hydrogens (primary N) is 1. The summed E-state index contributed by atoms with van der Waals surface area (Å²) in [5.41, 5.74) is 5.67. The van der Waals surface area contributed by atoms with Crippen molar-refractivity contribution in [2.24, 2.45) is 11.7 Å². The van der Waals surface area contributed by atoms with Gasteiger partial charge in [0.25, 0.3) is 0 Å². The van der Waals surface area contributed by atoms with Crippen molar-refractivity contribution in [3.8, 4) is 0 Å². The zero-order valence-electron chi connectivity index (χ0n) is 12.8. The molecule has 0 bridgehead atoms. The van der Waals surface area contributed by atoms with Crippen molar-refractivity contribution < 1.29 is 18.0 Å². The van der Waals surface area contributed by atoms with E-state index in [4.69, 9.17) is 5.73 Å². The van der Waals surface area contributed by atoms with Crippen molar-refractivity contribution in [2.75, 3.05) is 32.7 Å². The molecule has 0 aromatic heterocycles. The van der Waals surface area contributed by atoms with Crippen LogP contribution in [0.5, 0.6) is 0 Å². The molecule has 0 aromatic rings. The number of halogens is 3. The van der Waals surface area contributed by atoms with Gasteiger partial charge in [0.1, 0.15) is 0 Å². The Hall–Kier alpha value is -0.820. The average molecular weight is 309 g/mol. The predicted molar refractivity (Wildman–Crippen MR) is 75.7 cm³/mol. The van der Waals surface area contributed by atoms with Crippen LogP contribution in [0.15, 0.2) is 0 Å². The highest BCUT2D eigenvalue weighted by Crippen LogP contribution is 2.19. The van der Waals surface area contributed by atoms with Gasteiger partial charge < -0.3 is 10.6 Å². The lowest BCUT2D eigenvalue weighted by Crippen LogP contribution is -2.52. The minimum Gasteiger partial charge on any atom is -0.340 e. The van der Waals surface area contributed by atoms with E-state index in [1.54, 1.807) is 4.90 Å². The lowest BCUT2D eigenvalue weighted by molar-refractivity contribution is -0.152. The lowest BCUT2D eigenvalue weighted by atomic mass is 10.0. The monoisotopic (exact) mass is 309 g/mol. The van der Waals surface area contributed by atoms with Crippen LogP contribution in [-0.2, 0) is 4.79 Å². The Morgan fingerprint density at radius 3 is 2.19 bits per heavy atom. The molecule has 0 spiro atoms. The summed E-state index contributed by atoms with van der Waals surface area (Å²) >= 11 is 0. The molecular formula is C14H26F3N3O. The molecule has 4 nitrogen and oxygen atoms in total. The summed E-state index contributed by atoms with van der Waals surface area (Å²) in [5, 5.41) is 0. The number of hydrogen-bond acceptors (Lipinski definition) is 3. The Bertz CT molecular complexity index is 326. The minimum absolute atomic E-state index is 0.0475. The molecule has 7 heteroatoms. The summed E-state index contributed by atoms with van der Waals surface area (Å²) in [6.07, 6.45) is -1.60. The second-order valence-electron chi connectivity index (χ2n) is 6.03. The van der Waals surface area contributed by atoms with Crippen LogP contribution in [0.4, 0.5) is 13.2 Å². The Morgan fingerprint density at radius 1 is 1.14 bits per heavy atom. The van der Waals surface area contributed by atoms with Crippen LogP contribution in [0.3, 0.4) is 0 Å². The van der Waals surface area contributed by atoms with Crippen molar-refractivity contribution >= 4 is 5.91 Å². The summed E-state index contributed by atoms with van der Waals surface area (Å²) in [6.45, 7) is 4.27. The van der Waals surface area contributed by atoms with Gasteiger partial charge in [-0.1, -0.05) is 13.3 Å². The van der Waals surface area contributed by atoms with Crippen molar-refractivity contribution in [1.82, 2.24) is 9.80 Å². The number of piperazine rings is 1. The van der Waals surface area contributed by atoms with E-state index >= 15 is 0 Å². The molecule has 1 rings (SSSR count). The smallest absolute Gasteiger partial charge is 0.340 e. The van der Waals surface area contributed by atoms with E-state index in [1.807, 2.05) is 13.8 Å². The van der Waals surface area contributed by atoms with E-state index in [2.05, 4.69) is 0 Å². The molecule has 2 N–H and O–H groups in total. The molecule has 1 saturated heterocycles. The first-order valence-corrected chi connectivity index (χ1v) is 7.52. The summed E-state index contributed by atoms with van der Waals surface area (Å²) in [7, 11) is 0. The van der Waals surface area contributed by atoms with Gasteiger partial charge in [0.2, 0.25) is 5.91 Å². The maximum atomic E-state index is 12.3. The van der Waals surface area contributed by atoms with Gasteiger partial charge in [-0.05, 0) is 19.8 Å². The average Bonchev–Trinajstić information content (AvgIpc) is 2.36. The lowest BCUT2D eigenvalue weighted by Gasteiger charge is -2.36. The molecule has 0 aliphatic carbocycles. The SMILES string of the molecule is CC(N)CCCC(C)C(=O)N1CCN(CC(F)(F)F)CC1. The fraction of sp³-hybridized carbons (Fsp3) is 0.929. The standard InChI is InChI=1S/C14H26F3N3O/c1-11(4-3-5-12(2)18)13(21)20-8-6-19(7-9-20)10-14(15,16)17/h11-12H,3-10,18H2,1-2H3. The van der Waals surface area contributed by atoms with Gasteiger partial charge in [0, 0.05) is 38.1 Å². The Labute approximate surface area is 124 Å². The zero-order chi connectivity index (χ0) is 16.0. The second kappa shape index (κ2) is 7.98. The quantitative estimate of drug-likeness (QED) is 0.814. The third-order valence-corrected chi connectivity index (χ3v) is 3.81. The Kier molecular flexibility index (Phi) is 6.93. The maximum absolute atomic E-state index is 12.3. The van der Waals surface area contributed by atoms with Crippen LogP contribution >= 0.6 is 0 Å². The predicted octanol–water partition coefficient (Wildman–Crippen LogP) is 1.85. The van der Waals surface area contributed by atoms with Gasteiger partial charge in [-0.15, -0.1) is 0 Å². The van der Waals surface area contributed by atoms with Gasteiger partial charge in [0.05, 0.1) is 6.54 Å². The molecule has 1 aliphatic heterocycles. The largest absolute Gasteiger partial charge is 0.401 e. The number of carbonyl (C=O) groups is 1. The summed E-state index contributed by atoms with van der Waals surface area (Å²) in [4.78, 5) is 15.3. The van der Waals surface area contributed by atoms with E-state index in [1.165, 1.54) is 4.90 Å². The van der Waals surface area contributed by atoms with E-state index in [-0.39, 0.29) is 31.0 Å². The van der Waals surface area contributed by atoms with Crippen LogP contribution < -0.4 is 5.73 Å². The zero-order valence-corrected chi connectivity index (χ0v) is 12.8. The molecule has 2 unspecified atom stereocenters. The maximum Gasteiger partial charge on any atom is 0.401 e. The fourth-order valence-corrected chi connectivity index (χ4v) is 2.56. The minimum atomic E-state index is -4.17. The number of nitrogens with zero attached hydrogens (tertiary/aromatic N) is 2. The molecule has 2 atom stereocenters. The third-order valence-electron chi connectivity index (χ3n) is 3.81. The van der Waals surface area contributed by atoms with Crippen molar-refractivity contribution in [1.29, 1.82) is 0 Å². The molecule has 1 amide bonds. The highest BCUT2D eigenvalue weighted by atomic mass is 19.4. The van der Waals surface area contributed by atoms with Gasteiger partial charge in [-0.3, -0.25) is 9.69 Å². The molecule has 0 aromatic carbocycles. The Morgan fingerprint density at radius 2 is 1.71 bits per heavy atom. The van der Waals surface area contributed by atoms with Crippen LogP contribution in [0.2, 0.25) is 0 Å². The molecular weight excluding hydrogens is 283 g/mol. The summed E-state index contributed by atoms with van der Waals surface area (Å²) in [6, 6.07) is 0.137. The fourth-order valence-electron chi connectivity index (χ4n) is 2.56. The second-order valence-corrected chi connectivity index (χ2v) is 6.03. The Balaban J connectivity index is 2.31. The molecule has 1 aliphatic rings. The van der Waals surface area contributed by atoms with Gasteiger partial charge in [0.15, 0.2) is 0 Å². The molecule has 21 heavy (non-hydrogen) atoms. The van der Waals surface area contributed by atoms with Crippen LogP contribution in [-0.4, -0.2) is 60.6 Å². The van der Waals surface area contributed by atoms with E-state index in [0.717, 1.165) is 19.3 Å². The normalized spacial score (nSPS) is 20.4. The molecule has 124 valence electrons. The van der Waals surface area contributed by atoms with Crippen LogP contribution in [0, 0.1) is 5.92 Å². The molecule has 1 fully saturated rings. The summed E-state index contributed by atoms with van der Waals surface area (Å²) < 4.78 is 36.9. The van der Waals surface area contributed by atoms with Gasteiger partial charge in [-0.2, -0.15) is 13.2 Å². The van der Waals surface area contributed by atoms with E-state index in [0.29, 0.717) is 13.1 Å². The number of rotatable bonds is 6. The molecule has 0 radical (unpaired) electrons. The highest BCUT2D eigenvalue weighted by molar-refractivity contribution is 5.78. The van der Waals surface area contributed by atoms with Crippen molar-refractivity contribution in [3.05, 3.63) is 0 Å². The van der Waals surface area contributed by atoms with E-state index in [9.17, 15) is 18.0 Å². The number of amides is 1. The van der Waals surface area contributed by atoms with Gasteiger partial charge >= 0.3 is 6.18 Å². The molecule has 0 saturated carbocycles. The van der Waals surface area contributed by atoms with Crippen LogP contribution in [0.25, 0.3) is 0 Å². The highest BCUT2D eigenvalue weighted by Gasteiger charge is 2.33. The van der Waals surface area contributed by atoms with Crippen molar-refractivity contribution in [2.45, 2.75) is 45.3 Å². The number of carbonyl (C=O) groups excluding carboxylic acids is 1. The number of hydrogen-bond donors (Lipinski definition) is 1. The number of alkyl halides is 3. The summed E-state index contributed by atoms with van der Waals surface area (Å²) in [5.74, 6) is -0.0377. The van der Waals surface area contributed by atoms with Crippen LogP contribution in [0.1, 0.15) is 33.1 Å². The van der Waals surface area contributed by atoms with E-state index < -0.39 is 12.7 Å². The first kappa shape index (κ1) is 18.2. The topological polar surface area (TPSA) is 49.6 Å². The first-order valence-electron chi connectivity index (χ1n) is 7.52. The van der Waals surface area contributed by atoms with Crippen molar-refractivity contribution in [3.63, 3.8) is 0 Å².